The molecule has 0 radical (unpaired) electrons. The lowest BCUT2D eigenvalue weighted by Gasteiger charge is -2.21. The summed E-state index contributed by atoms with van der Waals surface area (Å²) in [5.41, 5.74) is 5.09. The van der Waals surface area contributed by atoms with Crippen molar-refractivity contribution < 1.29 is 9.18 Å². The van der Waals surface area contributed by atoms with Gasteiger partial charge in [-0.25, -0.2) is 9.37 Å². The standard InChI is InChI=1S/C28H28FN3OS/c1-21-7-9-23(10-8-21)17-32(18-24-11-13-25(29)14-12-24)19-27-31-26(20-34-27)28(33)30-16-15-22-5-3-2-4-6-22/h2-14,20H,15-19H2,1H3,(H,30,33). The quantitative estimate of drug-likeness (QED) is 0.318. The SMILES string of the molecule is Cc1ccc(CN(Cc2ccc(F)cc2)Cc2nc(C(=O)NCCc3ccccc3)cs2)cc1. The Kier molecular flexibility index (Phi) is 8.17. The highest BCUT2D eigenvalue weighted by Gasteiger charge is 2.14. The van der Waals surface area contributed by atoms with Gasteiger partial charge in [0.25, 0.3) is 5.91 Å². The van der Waals surface area contributed by atoms with Gasteiger partial charge in [0.2, 0.25) is 0 Å². The average molecular weight is 474 g/mol. The van der Waals surface area contributed by atoms with Crippen molar-refractivity contribution in [1.82, 2.24) is 15.2 Å². The maximum Gasteiger partial charge on any atom is 0.270 e. The fourth-order valence-electron chi connectivity index (χ4n) is 3.70. The maximum atomic E-state index is 13.4. The number of carbonyl (C=O) groups excluding carboxylic acids is 1. The lowest BCUT2D eigenvalue weighted by Crippen LogP contribution is -2.26. The summed E-state index contributed by atoms with van der Waals surface area (Å²) in [5, 5.41) is 5.65. The van der Waals surface area contributed by atoms with Gasteiger partial charge in [-0.2, -0.15) is 0 Å². The summed E-state index contributed by atoms with van der Waals surface area (Å²) in [5.74, 6) is -0.390. The van der Waals surface area contributed by atoms with Gasteiger partial charge in [-0.3, -0.25) is 9.69 Å². The Bertz CT molecular complexity index is 1140. The molecule has 4 nitrogen and oxygen atoms in total. The molecule has 4 aromatic rings. The predicted molar refractivity (Wildman–Crippen MR) is 135 cm³/mol. The number of benzene rings is 3. The normalized spacial score (nSPS) is 11.0. The van der Waals surface area contributed by atoms with Crippen molar-refractivity contribution in [2.45, 2.75) is 33.0 Å². The number of hydrogen-bond donors (Lipinski definition) is 1. The third-order valence-electron chi connectivity index (χ3n) is 5.53. The molecule has 0 aliphatic heterocycles. The van der Waals surface area contributed by atoms with Gasteiger partial charge >= 0.3 is 0 Å². The zero-order valence-electron chi connectivity index (χ0n) is 19.2. The number of thiazole rings is 1. The van der Waals surface area contributed by atoms with Crippen molar-refractivity contribution in [2.24, 2.45) is 0 Å². The Morgan fingerprint density at radius 3 is 2.21 bits per heavy atom. The summed E-state index contributed by atoms with van der Waals surface area (Å²) >= 11 is 1.49. The number of nitrogens with zero attached hydrogens (tertiary/aromatic N) is 2. The van der Waals surface area contributed by atoms with Crippen molar-refractivity contribution in [3.05, 3.63) is 123 Å². The third-order valence-corrected chi connectivity index (χ3v) is 6.37. The van der Waals surface area contributed by atoms with E-state index in [1.54, 1.807) is 0 Å². The van der Waals surface area contributed by atoms with Crippen molar-refractivity contribution in [3.8, 4) is 0 Å². The fourth-order valence-corrected chi connectivity index (χ4v) is 4.52. The number of aryl methyl sites for hydroxylation is 1. The molecule has 1 aromatic heterocycles. The molecule has 0 aliphatic carbocycles. The molecule has 0 atom stereocenters. The zero-order chi connectivity index (χ0) is 23.8. The first kappa shape index (κ1) is 23.8. The van der Waals surface area contributed by atoms with E-state index in [1.165, 1.54) is 40.2 Å². The molecule has 174 valence electrons. The van der Waals surface area contributed by atoms with E-state index in [0.29, 0.717) is 25.3 Å². The van der Waals surface area contributed by atoms with Crippen molar-refractivity contribution in [1.29, 1.82) is 0 Å². The van der Waals surface area contributed by atoms with Gasteiger partial charge in [0.15, 0.2) is 0 Å². The Morgan fingerprint density at radius 1 is 0.882 bits per heavy atom. The van der Waals surface area contributed by atoms with Crippen LogP contribution in [-0.2, 0) is 26.1 Å². The highest BCUT2D eigenvalue weighted by atomic mass is 32.1. The van der Waals surface area contributed by atoms with E-state index < -0.39 is 0 Å². The number of rotatable bonds is 10. The second-order valence-corrected chi connectivity index (χ2v) is 9.32. The molecular formula is C28H28FN3OS. The molecule has 34 heavy (non-hydrogen) atoms. The van der Waals surface area contributed by atoms with Crippen molar-refractivity contribution in [3.63, 3.8) is 0 Å². The largest absolute Gasteiger partial charge is 0.350 e. The minimum absolute atomic E-state index is 0.151. The summed E-state index contributed by atoms with van der Waals surface area (Å²) in [6, 6.07) is 25.1. The molecule has 0 saturated carbocycles. The highest BCUT2D eigenvalue weighted by molar-refractivity contribution is 7.09. The van der Waals surface area contributed by atoms with Crippen LogP contribution in [0.4, 0.5) is 4.39 Å². The molecule has 1 amide bonds. The molecule has 0 aliphatic rings. The van der Waals surface area contributed by atoms with E-state index in [0.717, 1.165) is 23.5 Å². The third kappa shape index (κ3) is 7.07. The number of carbonyl (C=O) groups is 1. The van der Waals surface area contributed by atoms with E-state index >= 15 is 0 Å². The lowest BCUT2D eigenvalue weighted by atomic mass is 10.1. The zero-order valence-corrected chi connectivity index (χ0v) is 20.0. The maximum absolute atomic E-state index is 13.4. The molecule has 1 heterocycles. The Hall–Kier alpha value is -3.35. The van der Waals surface area contributed by atoms with E-state index in [9.17, 15) is 9.18 Å². The smallest absolute Gasteiger partial charge is 0.270 e. The summed E-state index contributed by atoms with van der Waals surface area (Å²) in [7, 11) is 0. The van der Waals surface area contributed by atoms with Gasteiger partial charge in [0.05, 0.1) is 6.54 Å². The molecular weight excluding hydrogens is 445 g/mol. The van der Waals surface area contributed by atoms with Crippen LogP contribution in [0.2, 0.25) is 0 Å². The number of amides is 1. The van der Waals surface area contributed by atoms with Gasteiger partial charge in [0.1, 0.15) is 16.5 Å². The van der Waals surface area contributed by atoms with Gasteiger partial charge in [-0.05, 0) is 42.2 Å². The summed E-state index contributed by atoms with van der Waals surface area (Å²) in [4.78, 5) is 19.4. The minimum atomic E-state index is -0.239. The first-order chi connectivity index (χ1) is 16.5. The molecule has 0 spiro atoms. The second kappa shape index (κ2) is 11.7. The summed E-state index contributed by atoms with van der Waals surface area (Å²) in [6.07, 6.45) is 0.783. The molecule has 4 rings (SSSR count). The van der Waals surface area contributed by atoms with Crippen LogP contribution in [0.1, 0.15) is 37.7 Å². The van der Waals surface area contributed by atoms with Crippen LogP contribution in [-0.4, -0.2) is 22.3 Å². The molecule has 1 N–H and O–H groups in total. The van der Waals surface area contributed by atoms with Crippen LogP contribution in [0.15, 0.2) is 84.2 Å². The minimum Gasteiger partial charge on any atom is -0.350 e. The lowest BCUT2D eigenvalue weighted by molar-refractivity contribution is 0.0949. The second-order valence-electron chi connectivity index (χ2n) is 8.38. The summed E-state index contributed by atoms with van der Waals surface area (Å²) < 4.78 is 13.4. The van der Waals surface area contributed by atoms with Crippen LogP contribution in [0.3, 0.4) is 0 Å². The number of aromatic nitrogens is 1. The van der Waals surface area contributed by atoms with E-state index in [4.69, 9.17) is 0 Å². The Balaban J connectivity index is 1.39. The topological polar surface area (TPSA) is 45.2 Å². The summed E-state index contributed by atoms with van der Waals surface area (Å²) in [6.45, 7) is 4.64. The van der Waals surface area contributed by atoms with Crippen molar-refractivity contribution >= 4 is 17.2 Å². The average Bonchev–Trinajstić information content (AvgIpc) is 3.31. The van der Waals surface area contributed by atoms with Crippen LogP contribution in [0.5, 0.6) is 0 Å². The number of halogens is 1. The highest BCUT2D eigenvalue weighted by Crippen LogP contribution is 2.18. The monoisotopic (exact) mass is 473 g/mol. The Morgan fingerprint density at radius 2 is 1.53 bits per heavy atom. The Labute approximate surface area is 204 Å². The predicted octanol–water partition coefficient (Wildman–Crippen LogP) is 5.77. The number of nitrogens with one attached hydrogen (secondary N) is 1. The molecule has 0 unspecified atom stereocenters. The molecule has 6 heteroatoms. The van der Waals surface area contributed by atoms with E-state index in [-0.39, 0.29) is 11.7 Å². The van der Waals surface area contributed by atoms with E-state index in [2.05, 4.69) is 58.5 Å². The van der Waals surface area contributed by atoms with Crippen LogP contribution < -0.4 is 5.32 Å². The fraction of sp³-hybridized carbons (Fsp3) is 0.214. The van der Waals surface area contributed by atoms with Crippen LogP contribution in [0, 0.1) is 12.7 Å². The number of hydrogen-bond acceptors (Lipinski definition) is 4. The van der Waals surface area contributed by atoms with Gasteiger partial charge < -0.3 is 5.32 Å². The van der Waals surface area contributed by atoms with Crippen molar-refractivity contribution in [2.75, 3.05) is 6.54 Å². The first-order valence-corrected chi connectivity index (χ1v) is 12.2. The van der Waals surface area contributed by atoms with Gasteiger partial charge in [-0.1, -0.05) is 72.3 Å². The van der Waals surface area contributed by atoms with Gasteiger partial charge in [-0.15, -0.1) is 11.3 Å². The molecule has 0 fully saturated rings. The van der Waals surface area contributed by atoms with Gasteiger partial charge in [0, 0.05) is 25.0 Å². The van der Waals surface area contributed by atoms with Crippen LogP contribution >= 0.6 is 11.3 Å². The van der Waals surface area contributed by atoms with E-state index in [1.807, 2.05) is 35.7 Å². The molecule has 0 bridgehead atoms. The van der Waals surface area contributed by atoms with Crippen LogP contribution in [0.25, 0.3) is 0 Å². The molecule has 3 aromatic carbocycles. The molecule has 0 saturated heterocycles. The first-order valence-electron chi connectivity index (χ1n) is 11.3.